The number of benzene rings is 1. The molecule has 3 nitrogen and oxygen atoms in total. The van der Waals surface area contributed by atoms with Crippen LogP contribution in [0.25, 0.3) is 5.57 Å². The molecule has 0 bridgehead atoms. The monoisotopic (exact) mass is 315 g/mol. The number of hydrogen-bond donors (Lipinski definition) is 1. The third-order valence-electron chi connectivity index (χ3n) is 3.95. The van der Waals surface area contributed by atoms with Gasteiger partial charge in [0.1, 0.15) is 11.6 Å². The van der Waals surface area contributed by atoms with Crippen molar-refractivity contribution in [1.29, 1.82) is 0 Å². The van der Waals surface area contributed by atoms with E-state index in [0.29, 0.717) is 6.42 Å². The van der Waals surface area contributed by atoms with Crippen LogP contribution >= 0.6 is 0 Å². The summed E-state index contributed by atoms with van der Waals surface area (Å²) in [4.78, 5) is 12.5. The van der Waals surface area contributed by atoms with E-state index in [4.69, 9.17) is 4.74 Å². The summed E-state index contributed by atoms with van der Waals surface area (Å²) in [6, 6.07) is 10.3. The zero-order valence-electron chi connectivity index (χ0n) is 14.8. The van der Waals surface area contributed by atoms with Crippen molar-refractivity contribution in [2.45, 2.75) is 71.1 Å². The number of hydrogen-bond acceptors (Lipinski definition) is 3. The summed E-state index contributed by atoms with van der Waals surface area (Å²) >= 11 is 0. The van der Waals surface area contributed by atoms with Gasteiger partial charge in [0.2, 0.25) is 0 Å². The Morgan fingerprint density at radius 3 is 2.57 bits per heavy atom. The van der Waals surface area contributed by atoms with Crippen LogP contribution < -0.4 is 5.32 Å². The van der Waals surface area contributed by atoms with Crippen LogP contribution in [-0.4, -0.2) is 23.7 Å². The molecule has 0 aliphatic carbocycles. The number of rotatable bonds is 5. The summed E-state index contributed by atoms with van der Waals surface area (Å²) in [5, 5.41) is 3.46. The maximum absolute atomic E-state index is 12.5. The summed E-state index contributed by atoms with van der Waals surface area (Å²) in [5.41, 5.74) is 1.98. The van der Waals surface area contributed by atoms with Crippen LogP contribution in [-0.2, 0) is 9.53 Å². The Morgan fingerprint density at radius 1 is 1.26 bits per heavy atom. The first-order valence-electron chi connectivity index (χ1n) is 8.64. The van der Waals surface area contributed by atoms with Gasteiger partial charge in [-0.15, -0.1) is 0 Å². The summed E-state index contributed by atoms with van der Waals surface area (Å²) in [6.07, 6.45) is 6.32. The second kappa shape index (κ2) is 7.78. The highest BCUT2D eigenvalue weighted by molar-refractivity contribution is 5.81. The van der Waals surface area contributed by atoms with Crippen molar-refractivity contribution in [1.82, 2.24) is 5.32 Å². The van der Waals surface area contributed by atoms with Gasteiger partial charge in [0.15, 0.2) is 0 Å². The van der Waals surface area contributed by atoms with Crippen LogP contribution in [0.5, 0.6) is 0 Å². The van der Waals surface area contributed by atoms with E-state index in [1.54, 1.807) is 0 Å². The molecular weight excluding hydrogens is 286 g/mol. The molecule has 0 spiro atoms. The largest absolute Gasteiger partial charge is 0.459 e. The minimum Gasteiger partial charge on any atom is -0.459 e. The van der Waals surface area contributed by atoms with E-state index in [1.165, 1.54) is 11.1 Å². The predicted octanol–water partition coefficient (Wildman–Crippen LogP) is 4.33. The van der Waals surface area contributed by atoms with Crippen molar-refractivity contribution in [3.8, 4) is 0 Å². The van der Waals surface area contributed by atoms with Gasteiger partial charge in [0.25, 0.3) is 0 Å². The topological polar surface area (TPSA) is 38.3 Å². The molecule has 3 heteroatoms. The highest BCUT2D eigenvalue weighted by Gasteiger charge is 2.30. The quantitative estimate of drug-likeness (QED) is 0.822. The van der Waals surface area contributed by atoms with Gasteiger partial charge < -0.3 is 4.74 Å². The Hall–Kier alpha value is -1.61. The third kappa shape index (κ3) is 5.51. The molecule has 0 fully saturated rings. The van der Waals surface area contributed by atoms with E-state index in [9.17, 15) is 4.79 Å². The van der Waals surface area contributed by atoms with E-state index in [2.05, 4.69) is 30.4 Å². The molecule has 1 aliphatic rings. The first kappa shape index (κ1) is 17.7. The van der Waals surface area contributed by atoms with Crippen molar-refractivity contribution >= 4 is 11.5 Å². The first-order chi connectivity index (χ1) is 10.9. The lowest BCUT2D eigenvalue weighted by Crippen LogP contribution is -2.47. The third-order valence-corrected chi connectivity index (χ3v) is 3.95. The molecule has 0 radical (unpaired) electrons. The molecular formula is C20H29NO2. The van der Waals surface area contributed by atoms with Gasteiger partial charge in [-0.05, 0) is 44.7 Å². The molecule has 23 heavy (non-hydrogen) atoms. The molecule has 0 amide bonds. The lowest BCUT2D eigenvalue weighted by Gasteiger charge is -2.31. The summed E-state index contributed by atoms with van der Waals surface area (Å²) in [7, 11) is 0. The Balaban J connectivity index is 2.17. The molecule has 1 aromatic rings. The zero-order chi connectivity index (χ0) is 16.9. The number of unbranched alkanes of at least 4 members (excludes halogenated alkanes) is 1. The molecule has 1 heterocycles. The van der Waals surface area contributed by atoms with Crippen LogP contribution in [0.2, 0.25) is 0 Å². The molecule has 1 aliphatic heterocycles. The first-order valence-corrected chi connectivity index (χ1v) is 8.64. The van der Waals surface area contributed by atoms with E-state index < -0.39 is 5.60 Å². The van der Waals surface area contributed by atoms with E-state index in [-0.39, 0.29) is 18.1 Å². The van der Waals surface area contributed by atoms with Crippen LogP contribution in [0.4, 0.5) is 0 Å². The summed E-state index contributed by atoms with van der Waals surface area (Å²) in [5.74, 6) is -0.152. The van der Waals surface area contributed by atoms with E-state index in [0.717, 1.165) is 19.3 Å². The minimum atomic E-state index is -0.453. The second-order valence-electron chi connectivity index (χ2n) is 7.26. The van der Waals surface area contributed by atoms with Crippen LogP contribution in [0.1, 0.15) is 58.9 Å². The fourth-order valence-electron chi connectivity index (χ4n) is 2.88. The van der Waals surface area contributed by atoms with Gasteiger partial charge in [-0.3, -0.25) is 10.1 Å². The van der Waals surface area contributed by atoms with Gasteiger partial charge in [0, 0.05) is 6.04 Å². The molecule has 0 saturated heterocycles. The van der Waals surface area contributed by atoms with Crippen LogP contribution in [0.3, 0.4) is 0 Å². The normalized spacial score (nSPS) is 21.7. The minimum absolute atomic E-state index is 0.152. The fourth-order valence-corrected chi connectivity index (χ4v) is 2.88. The Kier molecular flexibility index (Phi) is 6.00. The Bertz CT molecular complexity index is 543. The Labute approximate surface area is 140 Å². The molecule has 2 rings (SSSR count). The van der Waals surface area contributed by atoms with E-state index in [1.807, 2.05) is 39.0 Å². The maximum atomic E-state index is 12.5. The molecule has 0 saturated carbocycles. The molecule has 1 aromatic carbocycles. The molecule has 0 aromatic heterocycles. The van der Waals surface area contributed by atoms with Gasteiger partial charge in [0.05, 0.1) is 0 Å². The van der Waals surface area contributed by atoms with Crippen molar-refractivity contribution in [2.24, 2.45) is 0 Å². The van der Waals surface area contributed by atoms with Gasteiger partial charge in [-0.25, -0.2) is 0 Å². The number of ether oxygens (including phenoxy) is 1. The lowest BCUT2D eigenvalue weighted by molar-refractivity contribution is -0.157. The molecule has 0 unspecified atom stereocenters. The number of esters is 1. The number of carbonyl (C=O) groups is 1. The van der Waals surface area contributed by atoms with Crippen molar-refractivity contribution in [3.63, 3.8) is 0 Å². The molecule has 1 N–H and O–H groups in total. The van der Waals surface area contributed by atoms with Crippen molar-refractivity contribution in [3.05, 3.63) is 42.0 Å². The molecule has 2 atom stereocenters. The van der Waals surface area contributed by atoms with Crippen molar-refractivity contribution in [2.75, 3.05) is 0 Å². The number of carbonyl (C=O) groups excluding carboxylic acids is 1. The van der Waals surface area contributed by atoms with Gasteiger partial charge in [-0.2, -0.15) is 0 Å². The van der Waals surface area contributed by atoms with Crippen LogP contribution in [0.15, 0.2) is 36.4 Å². The highest BCUT2D eigenvalue weighted by Crippen LogP contribution is 2.27. The summed E-state index contributed by atoms with van der Waals surface area (Å²) < 4.78 is 5.59. The SMILES string of the molecule is CCCC[C@@H]1C=C(c2ccccc2)C[C@H](C(=O)OC(C)(C)C)N1. The lowest BCUT2D eigenvalue weighted by atomic mass is 9.90. The van der Waals surface area contributed by atoms with Gasteiger partial charge >= 0.3 is 5.97 Å². The fraction of sp³-hybridized carbons (Fsp3) is 0.550. The zero-order valence-corrected chi connectivity index (χ0v) is 14.8. The predicted molar refractivity (Wildman–Crippen MR) is 95.1 cm³/mol. The average Bonchev–Trinajstić information content (AvgIpc) is 2.52. The van der Waals surface area contributed by atoms with Crippen molar-refractivity contribution < 1.29 is 9.53 Å². The Morgan fingerprint density at radius 2 is 1.96 bits per heavy atom. The second-order valence-corrected chi connectivity index (χ2v) is 7.26. The average molecular weight is 315 g/mol. The number of nitrogens with one attached hydrogen (secondary N) is 1. The summed E-state index contributed by atoms with van der Waals surface area (Å²) in [6.45, 7) is 7.93. The standard InChI is InChI=1S/C20H29NO2/c1-5-6-12-17-13-16(15-10-8-7-9-11-15)14-18(21-17)19(22)23-20(2,3)4/h7-11,13,17-18,21H,5-6,12,14H2,1-4H3/t17-,18-/m1/s1. The van der Waals surface area contributed by atoms with E-state index >= 15 is 0 Å². The smallest absolute Gasteiger partial charge is 0.324 e. The van der Waals surface area contributed by atoms with Crippen LogP contribution in [0, 0.1) is 0 Å². The maximum Gasteiger partial charge on any atom is 0.324 e. The highest BCUT2D eigenvalue weighted by atomic mass is 16.6. The van der Waals surface area contributed by atoms with Gasteiger partial charge in [-0.1, -0.05) is 56.2 Å². The molecule has 126 valence electrons.